The van der Waals surface area contributed by atoms with E-state index < -0.39 is 6.03 Å². The van der Waals surface area contributed by atoms with Gasteiger partial charge in [-0.05, 0) is 51.8 Å². The number of benzene rings is 2. The van der Waals surface area contributed by atoms with Gasteiger partial charge in [0, 0.05) is 43.0 Å². The molecule has 0 fully saturated rings. The van der Waals surface area contributed by atoms with Gasteiger partial charge in [0.05, 0.1) is 37.2 Å². The van der Waals surface area contributed by atoms with E-state index in [9.17, 15) is 4.79 Å². The first-order chi connectivity index (χ1) is 17.0. The number of hydrogen-bond acceptors (Lipinski definition) is 6. The number of ether oxygens (including phenoxy) is 3. The minimum absolute atomic E-state index is 0.448. The van der Waals surface area contributed by atoms with Crippen LogP contribution in [-0.4, -0.2) is 41.9 Å². The normalized spacial score (nSPS) is 10.5. The van der Waals surface area contributed by atoms with Crippen molar-refractivity contribution < 1.29 is 19.0 Å². The van der Waals surface area contributed by atoms with Crippen molar-refractivity contribution in [2.24, 2.45) is 0 Å². The lowest BCUT2D eigenvalue weighted by Crippen LogP contribution is -2.20. The molecule has 4 aromatic rings. The first-order valence-electron chi connectivity index (χ1n) is 10.6. The summed E-state index contributed by atoms with van der Waals surface area (Å²) in [5.41, 5.74) is 2.93. The van der Waals surface area contributed by atoms with Crippen molar-refractivity contribution in [3.63, 3.8) is 0 Å². The van der Waals surface area contributed by atoms with Gasteiger partial charge in [-0.15, -0.1) is 0 Å². The molecule has 0 unspecified atom stereocenters. The maximum absolute atomic E-state index is 12.9. The van der Waals surface area contributed by atoms with Gasteiger partial charge in [0.2, 0.25) is 0 Å². The molecule has 10 heteroatoms. The van der Waals surface area contributed by atoms with Crippen LogP contribution in [0.5, 0.6) is 17.2 Å². The van der Waals surface area contributed by atoms with Gasteiger partial charge in [0.25, 0.3) is 0 Å². The molecule has 2 heterocycles. The van der Waals surface area contributed by atoms with Gasteiger partial charge < -0.3 is 29.4 Å². The van der Waals surface area contributed by atoms with Gasteiger partial charge in [-0.1, -0.05) is 6.07 Å². The van der Waals surface area contributed by atoms with Crippen LogP contribution in [0, 0.1) is 0 Å². The van der Waals surface area contributed by atoms with Crippen molar-refractivity contribution in [3.05, 3.63) is 77.3 Å². The number of urea groups is 1. The highest BCUT2D eigenvalue weighted by atomic mass is 79.9. The third kappa shape index (κ3) is 5.55. The Morgan fingerprint density at radius 1 is 0.886 bits per heavy atom. The number of carbonyl (C=O) groups excluding carboxylic acids is 1. The van der Waals surface area contributed by atoms with Crippen LogP contribution in [0.15, 0.2) is 71.7 Å². The molecule has 0 aliphatic rings. The summed E-state index contributed by atoms with van der Waals surface area (Å²) in [6.07, 6.45) is 7.14. The third-order valence-corrected chi connectivity index (χ3v) is 5.86. The summed E-state index contributed by atoms with van der Waals surface area (Å²) < 4.78 is 18.8. The topological polar surface area (TPSA) is 99.5 Å². The van der Waals surface area contributed by atoms with Crippen LogP contribution in [-0.2, 0) is 6.54 Å². The fourth-order valence-corrected chi connectivity index (χ4v) is 4.08. The summed E-state index contributed by atoms with van der Waals surface area (Å²) in [5.74, 6) is 2.41. The maximum atomic E-state index is 12.9. The van der Waals surface area contributed by atoms with E-state index in [0.29, 0.717) is 39.6 Å². The zero-order chi connectivity index (χ0) is 24.8. The number of pyridine rings is 1. The first kappa shape index (κ1) is 24.1. The Hall–Kier alpha value is -4.05. The van der Waals surface area contributed by atoms with E-state index in [1.165, 1.54) is 7.11 Å². The Labute approximate surface area is 211 Å². The highest BCUT2D eigenvalue weighted by molar-refractivity contribution is 9.10. The molecule has 0 aliphatic heterocycles. The number of amides is 2. The van der Waals surface area contributed by atoms with Crippen LogP contribution in [0.4, 0.5) is 16.2 Å². The molecule has 0 saturated carbocycles. The molecule has 0 saturated heterocycles. The zero-order valence-electron chi connectivity index (χ0n) is 19.4. The minimum atomic E-state index is -0.448. The molecule has 0 bridgehead atoms. The van der Waals surface area contributed by atoms with E-state index in [1.54, 1.807) is 44.9 Å². The van der Waals surface area contributed by atoms with Gasteiger partial charge in [-0.25, -0.2) is 9.78 Å². The first-order valence-corrected chi connectivity index (χ1v) is 11.4. The summed E-state index contributed by atoms with van der Waals surface area (Å²) in [7, 11) is 4.64. The molecule has 2 aromatic heterocycles. The number of halogens is 1. The number of nitrogens with zero attached hydrogens (tertiary/aromatic N) is 3. The van der Waals surface area contributed by atoms with E-state index in [0.717, 1.165) is 17.0 Å². The Morgan fingerprint density at radius 2 is 1.57 bits per heavy atom. The molecule has 0 spiro atoms. The molecule has 0 atom stereocenters. The smallest absolute Gasteiger partial charge is 0.323 e. The molecule has 9 nitrogen and oxygen atoms in total. The standard InChI is InChI=1S/C25H24BrN5O4/c1-33-21-5-4-16(15-31-11-10-28-24(31)17-6-8-27-9-7-17)12-19(21)29-25(32)30-20-13-18(26)22(34-2)14-23(20)35-3/h4-14H,15H2,1-3H3,(H2,29,30,32). The number of hydrogen-bond donors (Lipinski definition) is 2. The van der Waals surface area contributed by atoms with Crippen LogP contribution in [0.2, 0.25) is 0 Å². The van der Waals surface area contributed by atoms with E-state index in [2.05, 4.69) is 36.5 Å². The fourth-order valence-electron chi connectivity index (χ4n) is 3.58. The number of nitrogens with one attached hydrogen (secondary N) is 2. The lowest BCUT2D eigenvalue weighted by molar-refractivity contribution is 0.262. The lowest BCUT2D eigenvalue weighted by Gasteiger charge is -2.16. The number of imidazole rings is 1. The van der Waals surface area contributed by atoms with Crippen molar-refractivity contribution in [2.45, 2.75) is 6.54 Å². The second kappa shape index (κ2) is 10.9. The van der Waals surface area contributed by atoms with E-state index in [-0.39, 0.29) is 0 Å². The fraction of sp³-hybridized carbons (Fsp3) is 0.160. The number of anilines is 2. The molecule has 35 heavy (non-hydrogen) atoms. The Bertz CT molecular complexity index is 1330. The van der Waals surface area contributed by atoms with Crippen molar-refractivity contribution >= 4 is 33.3 Å². The second-order valence-electron chi connectivity index (χ2n) is 7.42. The van der Waals surface area contributed by atoms with Crippen molar-refractivity contribution in [1.82, 2.24) is 14.5 Å². The molecule has 2 amide bonds. The molecule has 0 radical (unpaired) electrons. The predicted octanol–water partition coefficient (Wildman–Crippen LogP) is 5.43. The van der Waals surface area contributed by atoms with Gasteiger partial charge in [0.1, 0.15) is 23.1 Å². The van der Waals surface area contributed by atoms with E-state index in [1.807, 2.05) is 41.1 Å². The summed E-state index contributed by atoms with van der Waals surface area (Å²) in [4.78, 5) is 21.4. The molecule has 2 aromatic carbocycles. The largest absolute Gasteiger partial charge is 0.495 e. The van der Waals surface area contributed by atoms with Crippen molar-refractivity contribution in [1.29, 1.82) is 0 Å². The molecular weight excluding hydrogens is 514 g/mol. The average molecular weight is 538 g/mol. The molecular formula is C25H24BrN5O4. The zero-order valence-corrected chi connectivity index (χ0v) is 21.0. The SMILES string of the molecule is COc1cc(OC)c(NC(=O)Nc2cc(Cn3ccnc3-c3ccncc3)ccc2OC)cc1Br. The molecule has 2 N–H and O–H groups in total. The van der Waals surface area contributed by atoms with E-state index >= 15 is 0 Å². The predicted molar refractivity (Wildman–Crippen MR) is 137 cm³/mol. The number of carbonyl (C=O) groups is 1. The minimum Gasteiger partial charge on any atom is -0.495 e. The van der Waals surface area contributed by atoms with E-state index in [4.69, 9.17) is 14.2 Å². The molecule has 180 valence electrons. The quantitative estimate of drug-likeness (QED) is 0.311. The summed E-state index contributed by atoms with van der Waals surface area (Å²) in [5, 5.41) is 5.68. The van der Waals surface area contributed by atoms with Crippen LogP contribution in [0.1, 0.15) is 5.56 Å². The third-order valence-electron chi connectivity index (χ3n) is 5.24. The monoisotopic (exact) mass is 537 g/mol. The summed E-state index contributed by atoms with van der Waals surface area (Å²) >= 11 is 3.43. The van der Waals surface area contributed by atoms with Crippen LogP contribution in [0.25, 0.3) is 11.4 Å². The van der Waals surface area contributed by atoms with Crippen LogP contribution >= 0.6 is 15.9 Å². The Morgan fingerprint density at radius 3 is 2.26 bits per heavy atom. The highest BCUT2D eigenvalue weighted by Crippen LogP contribution is 2.36. The number of methoxy groups -OCH3 is 3. The Balaban J connectivity index is 1.54. The summed E-state index contributed by atoms with van der Waals surface area (Å²) in [6, 6.07) is 12.4. The molecule has 0 aliphatic carbocycles. The second-order valence-corrected chi connectivity index (χ2v) is 8.27. The maximum Gasteiger partial charge on any atom is 0.323 e. The van der Waals surface area contributed by atoms with Crippen molar-refractivity contribution in [3.8, 4) is 28.6 Å². The number of rotatable bonds is 8. The van der Waals surface area contributed by atoms with Gasteiger partial charge >= 0.3 is 6.03 Å². The lowest BCUT2D eigenvalue weighted by atomic mass is 10.1. The number of aromatic nitrogens is 3. The average Bonchev–Trinajstić information content (AvgIpc) is 3.33. The van der Waals surface area contributed by atoms with Gasteiger partial charge in [-0.3, -0.25) is 4.98 Å². The van der Waals surface area contributed by atoms with Crippen LogP contribution in [0.3, 0.4) is 0 Å². The van der Waals surface area contributed by atoms with Gasteiger partial charge in [-0.2, -0.15) is 0 Å². The summed E-state index contributed by atoms with van der Waals surface area (Å²) in [6.45, 7) is 0.553. The van der Waals surface area contributed by atoms with Crippen molar-refractivity contribution in [2.75, 3.05) is 32.0 Å². The Kier molecular flexibility index (Phi) is 7.51. The molecule has 4 rings (SSSR count). The van der Waals surface area contributed by atoms with Crippen LogP contribution < -0.4 is 24.8 Å². The highest BCUT2D eigenvalue weighted by Gasteiger charge is 2.15. The van der Waals surface area contributed by atoms with Gasteiger partial charge in [0.15, 0.2) is 0 Å².